The Hall–Kier alpha value is -0.700. The SMILES string of the molecule is C=CCc1nc(S)c[nH]1. The minimum atomic E-state index is 0.729. The second-order valence-electron chi connectivity index (χ2n) is 1.70. The number of hydrogen-bond donors (Lipinski definition) is 2. The smallest absolute Gasteiger partial charge is 0.111 e. The summed E-state index contributed by atoms with van der Waals surface area (Å²) in [7, 11) is 0. The first kappa shape index (κ1) is 6.42. The van der Waals surface area contributed by atoms with Crippen LogP contribution in [0.15, 0.2) is 23.9 Å². The Morgan fingerprint density at radius 1 is 1.89 bits per heavy atom. The van der Waals surface area contributed by atoms with Crippen molar-refractivity contribution in [1.29, 1.82) is 0 Å². The third-order valence-electron chi connectivity index (χ3n) is 0.955. The van der Waals surface area contributed by atoms with Crippen LogP contribution in [0.2, 0.25) is 0 Å². The zero-order chi connectivity index (χ0) is 6.69. The third kappa shape index (κ3) is 1.61. The molecule has 0 fully saturated rings. The maximum Gasteiger partial charge on any atom is 0.111 e. The van der Waals surface area contributed by atoms with E-state index in [-0.39, 0.29) is 0 Å². The van der Waals surface area contributed by atoms with Crippen molar-refractivity contribution in [2.24, 2.45) is 0 Å². The molecule has 0 saturated heterocycles. The van der Waals surface area contributed by atoms with Crippen molar-refractivity contribution in [3.05, 3.63) is 24.7 Å². The van der Waals surface area contributed by atoms with E-state index in [1.165, 1.54) is 0 Å². The van der Waals surface area contributed by atoms with Crippen molar-refractivity contribution in [1.82, 2.24) is 9.97 Å². The Labute approximate surface area is 59.4 Å². The number of aromatic nitrogens is 2. The van der Waals surface area contributed by atoms with E-state index < -0.39 is 0 Å². The van der Waals surface area contributed by atoms with Crippen LogP contribution in [0.4, 0.5) is 0 Å². The molecule has 1 aromatic heterocycles. The van der Waals surface area contributed by atoms with Crippen molar-refractivity contribution in [3.63, 3.8) is 0 Å². The number of rotatable bonds is 2. The summed E-state index contributed by atoms with van der Waals surface area (Å²) in [6, 6.07) is 0. The summed E-state index contributed by atoms with van der Waals surface area (Å²) >= 11 is 4.02. The fourth-order valence-corrected chi connectivity index (χ4v) is 0.777. The van der Waals surface area contributed by atoms with Crippen LogP contribution in [0.25, 0.3) is 0 Å². The fraction of sp³-hybridized carbons (Fsp3) is 0.167. The van der Waals surface area contributed by atoms with Gasteiger partial charge in [0.1, 0.15) is 10.9 Å². The van der Waals surface area contributed by atoms with Gasteiger partial charge in [-0.2, -0.15) is 0 Å². The van der Waals surface area contributed by atoms with Crippen LogP contribution in [0.5, 0.6) is 0 Å². The molecule has 0 aliphatic carbocycles. The molecule has 9 heavy (non-hydrogen) atoms. The van der Waals surface area contributed by atoms with Gasteiger partial charge in [-0.15, -0.1) is 19.2 Å². The molecule has 48 valence electrons. The Morgan fingerprint density at radius 3 is 3.11 bits per heavy atom. The minimum absolute atomic E-state index is 0.729. The van der Waals surface area contributed by atoms with Gasteiger partial charge in [0.25, 0.3) is 0 Å². The van der Waals surface area contributed by atoms with Crippen LogP contribution in [0.3, 0.4) is 0 Å². The molecule has 0 amide bonds. The molecule has 1 N–H and O–H groups in total. The Kier molecular flexibility index (Phi) is 1.95. The predicted molar refractivity (Wildman–Crippen MR) is 39.7 cm³/mol. The van der Waals surface area contributed by atoms with Crippen LogP contribution in [-0.4, -0.2) is 9.97 Å². The molecular formula is C6H8N2S. The van der Waals surface area contributed by atoms with Gasteiger partial charge in [-0.1, -0.05) is 6.08 Å². The van der Waals surface area contributed by atoms with Gasteiger partial charge < -0.3 is 4.98 Å². The maximum atomic E-state index is 4.04. The molecule has 0 radical (unpaired) electrons. The highest BCUT2D eigenvalue weighted by Gasteiger charge is 1.91. The van der Waals surface area contributed by atoms with E-state index in [4.69, 9.17) is 0 Å². The molecule has 0 spiro atoms. The van der Waals surface area contributed by atoms with Gasteiger partial charge in [0.2, 0.25) is 0 Å². The largest absolute Gasteiger partial charge is 0.347 e. The van der Waals surface area contributed by atoms with E-state index in [0.29, 0.717) is 0 Å². The molecule has 1 aromatic rings. The molecule has 1 heterocycles. The van der Waals surface area contributed by atoms with Crippen LogP contribution in [-0.2, 0) is 6.42 Å². The molecule has 0 bridgehead atoms. The van der Waals surface area contributed by atoms with Crippen LogP contribution in [0.1, 0.15) is 5.82 Å². The lowest BCUT2D eigenvalue weighted by molar-refractivity contribution is 1.03. The van der Waals surface area contributed by atoms with Gasteiger partial charge in [-0.3, -0.25) is 0 Å². The molecule has 2 nitrogen and oxygen atoms in total. The zero-order valence-corrected chi connectivity index (χ0v) is 5.86. The first-order valence-corrected chi connectivity index (χ1v) is 3.12. The predicted octanol–water partition coefficient (Wildman–Crippen LogP) is 1.43. The molecule has 0 saturated carbocycles. The van der Waals surface area contributed by atoms with Crippen molar-refractivity contribution in [3.8, 4) is 0 Å². The lowest BCUT2D eigenvalue weighted by Gasteiger charge is -1.82. The number of nitrogens with zero attached hydrogens (tertiary/aromatic N) is 1. The highest BCUT2D eigenvalue weighted by atomic mass is 32.1. The van der Waals surface area contributed by atoms with Crippen LogP contribution >= 0.6 is 12.6 Å². The minimum Gasteiger partial charge on any atom is -0.347 e. The van der Waals surface area contributed by atoms with Crippen molar-refractivity contribution >= 4 is 12.6 Å². The van der Waals surface area contributed by atoms with Crippen molar-refractivity contribution in [2.75, 3.05) is 0 Å². The molecule has 3 heteroatoms. The van der Waals surface area contributed by atoms with Crippen LogP contribution in [0, 0.1) is 0 Å². The zero-order valence-electron chi connectivity index (χ0n) is 4.96. The second kappa shape index (κ2) is 2.73. The second-order valence-corrected chi connectivity index (χ2v) is 2.16. The van der Waals surface area contributed by atoms with Crippen molar-refractivity contribution < 1.29 is 0 Å². The summed E-state index contributed by atoms with van der Waals surface area (Å²) in [5.41, 5.74) is 0. The molecule has 0 aromatic carbocycles. The summed E-state index contributed by atoms with van der Waals surface area (Å²) in [5, 5.41) is 0.729. The normalized spacial score (nSPS) is 9.44. The lowest BCUT2D eigenvalue weighted by Crippen LogP contribution is -1.81. The van der Waals surface area contributed by atoms with E-state index >= 15 is 0 Å². The standard InChI is InChI=1S/C6H8N2S/c1-2-3-5-7-4-6(9)8-5/h2,4,9H,1,3H2,(H,7,8). The van der Waals surface area contributed by atoms with E-state index in [2.05, 4.69) is 29.2 Å². The Morgan fingerprint density at radius 2 is 2.67 bits per heavy atom. The van der Waals surface area contributed by atoms with E-state index in [9.17, 15) is 0 Å². The maximum absolute atomic E-state index is 4.04. The third-order valence-corrected chi connectivity index (χ3v) is 1.18. The average Bonchev–Trinajstić information content (AvgIpc) is 2.17. The first-order chi connectivity index (χ1) is 4.33. The lowest BCUT2D eigenvalue weighted by atomic mass is 10.4. The number of hydrogen-bond acceptors (Lipinski definition) is 2. The first-order valence-electron chi connectivity index (χ1n) is 2.67. The average molecular weight is 140 g/mol. The Bertz CT molecular complexity index is 205. The highest BCUT2D eigenvalue weighted by molar-refractivity contribution is 7.80. The number of thiol groups is 1. The number of allylic oxidation sites excluding steroid dienone is 1. The van der Waals surface area contributed by atoms with Gasteiger partial charge in [0.15, 0.2) is 0 Å². The van der Waals surface area contributed by atoms with Gasteiger partial charge in [-0.05, 0) is 0 Å². The number of nitrogens with one attached hydrogen (secondary N) is 1. The summed E-state index contributed by atoms with van der Waals surface area (Å²) < 4.78 is 0. The van der Waals surface area contributed by atoms with Crippen LogP contribution < -0.4 is 0 Å². The van der Waals surface area contributed by atoms with Gasteiger partial charge in [0, 0.05) is 12.6 Å². The number of aromatic amines is 1. The number of H-pyrrole nitrogens is 1. The number of imidazole rings is 1. The molecule has 1 rings (SSSR count). The summed E-state index contributed by atoms with van der Waals surface area (Å²) in [6.45, 7) is 3.58. The van der Waals surface area contributed by atoms with Gasteiger partial charge in [0.05, 0.1) is 0 Å². The van der Waals surface area contributed by atoms with Crippen molar-refractivity contribution in [2.45, 2.75) is 11.4 Å². The Balaban J connectivity index is 2.72. The van der Waals surface area contributed by atoms with Gasteiger partial charge in [-0.25, -0.2) is 4.98 Å². The molecular weight excluding hydrogens is 132 g/mol. The fourth-order valence-electron chi connectivity index (χ4n) is 0.592. The van der Waals surface area contributed by atoms with E-state index in [1.807, 2.05) is 0 Å². The van der Waals surface area contributed by atoms with Gasteiger partial charge >= 0.3 is 0 Å². The molecule has 0 aliphatic heterocycles. The van der Waals surface area contributed by atoms with E-state index in [0.717, 1.165) is 17.3 Å². The summed E-state index contributed by atoms with van der Waals surface area (Å²) in [5.74, 6) is 0.912. The van der Waals surface area contributed by atoms with E-state index in [1.54, 1.807) is 12.3 Å². The monoisotopic (exact) mass is 140 g/mol. The quantitative estimate of drug-likeness (QED) is 0.472. The molecule has 0 aliphatic rings. The topological polar surface area (TPSA) is 28.7 Å². The summed E-state index contributed by atoms with van der Waals surface area (Å²) in [6.07, 6.45) is 4.33. The molecule has 0 atom stereocenters. The highest BCUT2D eigenvalue weighted by Crippen LogP contribution is 2.01. The molecule has 0 unspecified atom stereocenters. The summed E-state index contributed by atoms with van der Waals surface area (Å²) in [4.78, 5) is 6.99.